The zero-order chi connectivity index (χ0) is 21.4. The number of carbonyl (C=O) groups is 3. The van der Waals surface area contributed by atoms with Gasteiger partial charge in [0.05, 0.1) is 22.9 Å². The van der Waals surface area contributed by atoms with Crippen molar-refractivity contribution in [3.05, 3.63) is 30.1 Å². The lowest BCUT2D eigenvalue weighted by molar-refractivity contribution is -0.141. The highest BCUT2D eigenvalue weighted by molar-refractivity contribution is 7.93. The van der Waals surface area contributed by atoms with Crippen molar-refractivity contribution in [3.63, 3.8) is 0 Å². The molecule has 4 amide bonds. The highest BCUT2D eigenvalue weighted by Crippen LogP contribution is 2.32. The molecule has 3 aliphatic rings. The molecular formula is C19H22FN3O6S. The van der Waals surface area contributed by atoms with Gasteiger partial charge in [-0.25, -0.2) is 13.4 Å². The van der Waals surface area contributed by atoms with Gasteiger partial charge in [0.15, 0.2) is 5.60 Å². The fourth-order valence-electron chi connectivity index (χ4n) is 3.89. The molecule has 30 heavy (non-hydrogen) atoms. The van der Waals surface area contributed by atoms with Crippen LogP contribution in [0.15, 0.2) is 28.6 Å². The third-order valence-corrected chi connectivity index (χ3v) is 7.96. The summed E-state index contributed by atoms with van der Waals surface area (Å²) in [5.74, 6) is -1.19. The number of nitrogens with one attached hydrogen (secondary N) is 2. The van der Waals surface area contributed by atoms with E-state index in [1.165, 1.54) is 24.3 Å². The summed E-state index contributed by atoms with van der Waals surface area (Å²) >= 11 is 0. The number of urea groups is 1. The number of ether oxygens (including phenoxy) is 2. The lowest BCUT2D eigenvalue weighted by Crippen LogP contribution is -2.53. The highest BCUT2D eigenvalue weighted by atomic mass is 32.2. The maximum Gasteiger partial charge on any atom is 0.322 e. The Morgan fingerprint density at radius 3 is 2.30 bits per heavy atom. The maximum absolute atomic E-state index is 13.3. The van der Waals surface area contributed by atoms with Crippen LogP contribution in [0.25, 0.3) is 0 Å². The van der Waals surface area contributed by atoms with E-state index in [2.05, 4.69) is 15.0 Å². The number of imide groups is 1. The molecule has 0 radical (unpaired) electrons. The van der Waals surface area contributed by atoms with Crippen LogP contribution in [0.5, 0.6) is 5.75 Å². The topological polar surface area (TPSA) is 123 Å². The van der Waals surface area contributed by atoms with E-state index in [0.29, 0.717) is 5.75 Å². The van der Waals surface area contributed by atoms with Crippen LogP contribution >= 0.6 is 0 Å². The first-order valence-corrected chi connectivity index (χ1v) is 11.5. The van der Waals surface area contributed by atoms with Crippen molar-refractivity contribution in [2.45, 2.75) is 36.8 Å². The SMILES string of the molecule is O=C1NC(=O)C2(CCS(=O)(=NC(=O)C3(Oc4ccc(F)cc4)CCOCC3)CC2)N1. The number of hydrogen-bond acceptors (Lipinski definition) is 6. The van der Waals surface area contributed by atoms with Crippen LogP contribution in [0, 0.1) is 5.82 Å². The molecule has 3 saturated heterocycles. The predicted octanol–water partition coefficient (Wildman–Crippen LogP) is 1.12. The van der Waals surface area contributed by atoms with Gasteiger partial charge in [-0.05, 0) is 37.1 Å². The number of rotatable bonds is 3. The Bertz CT molecular complexity index is 982. The Labute approximate surface area is 172 Å². The van der Waals surface area contributed by atoms with Crippen LogP contribution in [-0.4, -0.2) is 57.9 Å². The molecule has 1 spiro atoms. The van der Waals surface area contributed by atoms with E-state index >= 15 is 0 Å². The van der Waals surface area contributed by atoms with E-state index in [4.69, 9.17) is 9.47 Å². The molecule has 0 saturated carbocycles. The number of carbonyl (C=O) groups excluding carboxylic acids is 3. The van der Waals surface area contributed by atoms with E-state index in [-0.39, 0.29) is 50.4 Å². The summed E-state index contributed by atoms with van der Waals surface area (Å²) < 4.78 is 41.8. The number of nitrogens with zero attached hydrogens (tertiary/aromatic N) is 1. The van der Waals surface area contributed by atoms with Crippen LogP contribution < -0.4 is 15.4 Å². The van der Waals surface area contributed by atoms with Crippen LogP contribution in [0.4, 0.5) is 9.18 Å². The largest absolute Gasteiger partial charge is 0.477 e. The van der Waals surface area contributed by atoms with Crippen molar-refractivity contribution >= 4 is 27.6 Å². The smallest absolute Gasteiger partial charge is 0.322 e. The lowest BCUT2D eigenvalue weighted by atomic mass is 9.93. The first kappa shape index (κ1) is 20.7. The van der Waals surface area contributed by atoms with Gasteiger partial charge >= 0.3 is 6.03 Å². The number of halogens is 1. The van der Waals surface area contributed by atoms with Crippen LogP contribution in [0.1, 0.15) is 25.7 Å². The van der Waals surface area contributed by atoms with Crippen molar-refractivity contribution in [1.82, 2.24) is 10.6 Å². The van der Waals surface area contributed by atoms with Crippen molar-refractivity contribution in [2.24, 2.45) is 4.36 Å². The van der Waals surface area contributed by atoms with Gasteiger partial charge in [-0.2, -0.15) is 4.36 Å². The molecule has 11 heteroatoms. The molecular weight excluding hydrogens is 417 g/mol. The van der Waals surface area contributed by atoms with Crippen molar-refractivity contribution in [2.75, 3.05) is 24.7 Å². The average molecular weight is 439 g/mol. The molecule has 4 rings (SSSR count). The van der Waals surface area contributed by atoms with Gasteiger partial charge in [-0.1, -0.05) is 0 Å². The van der Waals surface area contributed by atoms with Crippen molar-refractivity contribution in [3.8, 4) is 5.75 Å². The zero-order valence-corrected chi connectivity index (χ0v) is 17.0. The van der Waals surface area contributed by atoms with Gasteiger partial charge in [0.25, 0.3) is 11.8 Å². The Hall–Kier alpha value is -2.53. The van der Waals surface area contributed by atoms with E-state index < -0.39 is 44.5 Å². The average Bonchev–Trinajstić information content (AvgIpc) is 3.00. The molecule has 162 valence electrons. The van der Waals surface area contributed by atoms with Crippen LogP contribution in [0.2, 0.25) is 0 Å². The van der Waals surface area contributed by atoms with Gasteiger partial charge in [0.1, 0.15) is 17.1 Å². The van der Waals surface area contributed by atoms with Gasteiger partial charge in [0, 0.05) is 24.3 Å². The van der Waals surface area contributed by atoms with Crippen LogP contribution in [0.3, 0.4) is 0 Å². The van der Waals surface area contributed by atoms with E-state index in [9.17, 15) is 23.0 Å². The second-order valence-electron chi connectivity index (χ2n) is 7.73. The Kier molecular flexibility index (Phi) is 5.27. The summed E-state index contributed by atoms with van der Waals surface area (Å²) in [6.07, 6.45) is 0.722. The Morgan fingerprint density at radius 1 is 1.10 bits per heavy atom. The number of hydrogen-bond donors (Lipinski definition) is 2. The molecule has 3 fully saturated rings. The molecule has 0 aromatic heterocycles. The molecule has 3 aliphatic heterocycles. The molecule has 9 nitrogen and oxygen atoms in total. The second-order valence-corrected chi connectivity index (χ2v) is 10.3. The minimum absolute atomic E-state index is 0.00949. The highest BCUT2D eigenvalue weighted by Gasteiger charge is 2.50. The summed E-state index contributed by atoms with van der Waals surface area (Å²) in [5, 5.41) is 4.79. The monoisotopic (exact) mass is 439 g/mol. The molecule has 0 bridgehead atoms. The quantitative estimate of drug-likeness (QED) is 0.681. The van der Waals surface area contributed by atoms with E-state index in [1.807, 2.05) is 0 Å². The van der Waals surface area contributed by atoms with Gasteiger partial charge in [-0.15, -0.1) is 0 Å². The molecule has 0 unspecified atom stereocenters. The molecule has 0 aliphatic carbocycles. The summed E-state index contributed by atoms with van der Waals surface area (Å²) in [6.45, 7) is 0.553. The fourth-order valence-corrected chi connectivity index (χ4v) is 6.08. The molecule has 1 aromatic carbocycles. The molecule has 2 N–H and O–H groups in total. The number of amides is 4. The summed E-state index contributed by atoms with van der Waals surface area (Å²) in [6, 6.07) is 4.73. The lowest BCUT2D eigenvalue weighted by Gasteiger charge is -2.35. The number of benzene rings is 1. The van der Waals surface area contributed by atoms with Gasteiger partial charge in [0.2, 0.25) is 0 Å². The van der Waals surface area contributed by atoms with E-state index in [1.54, 1.807) is 0 Å². The first-order chi connectivity index (χ1) is 14.2. The first-order valence-electron chi connectivity index (χ1n) is 9.67. The summed E-state index contributed by atoms with van der Waals surface area (Å²) in [5.41, 5.74) is -2.42. The minimum atomic E-state index is -2.92. The van der Waals surface area contributed by atoms with Crippen LogP contribution in [-0.2, 0) is 24.1 Å². The van der Waals surface area contributed by atoms with Crippen molar-refractivity contribution in [1.29, 1.82) is 0 Å². The molecule has 3 heterocycles. The summed E-state index contributed by atoms with van der Waals surface area (Å²) in [7, 11) is -2.92. The third-order valence-electron chi connectivity index (χ3n) is 5.78. The normalized spacial score (nSPS) is 30.4. The third kappa shape index (κ3) is 3.91. The predicted molar refractivity (Wildman–Crippen MR) is 104 cm³/mol. The Morgan fingerprint density at radius 2 is 1.73 bits per heavy atom. The van der Waals surface area contributed by atoms with Crippen molar-refractivity contribution < 1.29 is 32.5 Å². The molecule has 0 atom stereocenters. The minimum Gasteiger partial charge on any atom is -0.477 e. The molecule has 1 aromatic rings. The second kappa shape index (κ2) is 7.62. The summed E-state index contributed by atoms with van der Waals surface area (Å²) in [4.78, 5) is 36.7. The van der Waals surface area contributed by atoms with E-state index in [0.717, 1.165) is 0 Å². The zero-order valence-electron chi connectivity index (χ0n) is 16.1. The van der Waals surface area contributed by atoms with Gasteiger partial charge in [-0.3, -0.25) is 14.9 Å². The maximum atomic E-state index is 13.3. The van der Waals surface area contributed by atoms with Gasteiger partial charge < -0.3 is 14.8 Å². The fraction of sp³-hybridized carbons (Fsp3) is 0.526. The standard InChI is InChI=1S/C19H22FN3O6S/c20-13-1-3-14(4-2-13)29-19(5-9-28-10-6-19)16(25)23-30(27)11-7-18(8-12-30)15(24)21-17(26)22-18/h1-4H,5-12H2,(H2,21,22,24,26). The Balaban J connectivity index is 1.55.